The number of nitrogens with zero attached hydrogens (tertiary/aromatic N) is 4. The summed E-state index contributed by atoms with van der Waals surface area (Å²) in [5.41, 5.74) is 8.15. The van der Waals surface area contributed by atoms with Crippen LogP contribution in [0.3, 0.4) is 0 Å². The highest BCUT2D eigenvalue weighted by molar-refractivity contribution is 14.1. The second-order valence-electron chi connectivity index (χ2n) is 7.53. The van der Waals surface area contributed by atoms with Crippen molar-refractivity contribution in [2.45, 2.75) is 11.0 Å². The minimum absolute atomic E-state index is 0.277. The van der Waals surface area contributed by atoms with E-state index in [4.69, 9.17) is 4.99 Å². The molecular weight excluding hydrogens is 534 g/mol. The van der Waals surface area contributed by atoms with Crippen LogP contribution in [0.15, 0.2) is 78.0 Å². The number of aromatic amines is 1. The van der Waals surface area contributed by atoms with Crippen LogP contribution >= 0.6 is 22.6 Å². The molecule has 0 bridgehead atoms. The number of halogens is 2. The zero-order valence-electron chi connectivity index (χ0n) is 17.5. The molecule has 9 heteroatoms. The van der Waals surface area contributed by atoms with Crippen molar-refractivity contribution in [3.8, 4) is 11.3 Å². The molecule has 164 valence electrons. The number of hydrazine groups is 1. The molecule has 3 heterocycles. The standard InChI is InChI=1S/C24H18FIN6O/c1-14-3-2-4-17(13-14)23-28-20-19(15-5-7-18(25)8-6-15)29-30-21(20)22(26)32(23)31-24(33)16-9-11-27-12-10-16/h2-13,22H,1H3,(H,29,30)(H,31,33). The Hall–Kier alpha value is -3.60. The molecule has 2 aromatic carbocycles. The lowest BCUT2D eigenvalue weighted by molar-refractivity contribution is 0.0864. The topological polar surface area (TPSA) is 86.3 Å². The maximum Gasteiger partial charge on any atom is 0.269 e. The minimum Gasteiger partial charge on any atom is -0.277 e. The second-order valence-corrected chi connectivity index (χ2v) is 8.71. The van der Waals surface area contributed by atoms with E-state index in [9.17, 15) is 9.18 Å². The average Bonchev–Trinajstić information content (AvgIpc) is 3.26. The summed E-state index contributed by atoms with van der Waals surface area (Å²) < 4.78 is 13.1. The van der Waals surface area contributed by atoms with E-state index in [2.05, 4.69) is 43.2 Å². The Kier molecular flexibility index (Phi) is 5.63. The third-order valence-corrected chi connectivity index (χ3v) is 6.42. The highest BCUT2D eigenvalue weighted by atomic mass is 127. The van der Waals surface area contributed by atoms with Gasteiger partial charge in [-0.15, -0.1) is 0 Å². The molecular formula is C24H18FIN6O. The van der Waals surface area contributed by atoms with E-state index in [0.29, 0.717) is 22.8 Å². The number of aryl methyl sites for hydroxylation is 1. The first-order valence-corrected chi connectivity index (χ1v) is 11.4. The number of hydrogen-bond donors (Lipinski definition) is 2. The first-order chi connectivity index (χ1) is 16.0. The van der Waals surface area contributed by atoms with Crippen LogP contribution in [0.1, 0.15) is 31.2 Å². The molecule has 1 atom stereocenters. The monoisotopic (exact) mass is 552 g/mol. The molecule has 4 aromatic rings. The predicted octanol–water partition coefficient (Wildman–Crippen LogP) is 5.09. The van der Waals surface area contributed by atoms with Gasteiger partial charge < -0.3 is 0 Å². The van der Waals surface area contributed by atoms with Crippen molar-refractivity contribution in [3.63, 3.8) is 0 Å². The first kappa shape index (κ1) is 21.3. The quantitative estimate of drug-likeness (QED) is 0.210. The van der Waals surface area contributed by atoms with Gasteiger partial charge in [0.25, 0.3) is 5.91 Å². The SMILES string of the molecule is Cc1cccc(C2=Nc3c(-c4ccc(F)cc4)n[nH]c3C(I)N2NC(=O)c2ccncc2)c1. The van der Waals surface area contributed by atoms with Crippen LogP contribution in [-0.4, -0.2) is 31.9 Å². The minimum atomic E-state index is -0.321. The number of aliphatic imine (C=N–C) groups is 1. The maximum atomic E-state index is 13.5. The zero-order valence-corrected chi connectivity index (χ0v) is 19.6. The van der Waals surface area contributed by atoms with Gasteiger partial charge in [-0.3, -0.25) is 20.3 Å². The molecule has 1 amide bonds. The number of amidine groups is 1. The van der Waals surface area contributed by atoms with Crippen molar-refractivity contribution in [2.75, 3.05) is 0 Å². The molecule has 7 nitrogen and oxygen atoms in total. The number of benzene rings is 2. The molecule has 0 saturated carbocycles. The lowest BCUT2D eigenvalue weighted by Crippen LogP contribution is -2.48. The summed E-state index contributed by atoms with van der Waals surface area (Å²) in [6.45, 7) is 2.00. The van der Waals surface area contributed by atoms with Gasteiger partial charge in [-0.2, -0.15) is 5.10 Å². The number of carbonyl (C=O) groups excluding carboxylic acids is 1. The Bertz CT molecular complexity index is 1350. The highest BCUT2D eigenvalue weighted by Gasteiger charge is 2.34. The molecule has 2 aromatic heterocycles. The lowest BCUT2D eigenvalue weighted by Gasteiger charge is -2.33. The van der Waals surface area contributed by atoms with Crippen LogP contribution in [0.25, 0.3) is 11.3 Å². The number of hydrogen-bond acceptors (Lipinski definition) is 5. The van der Waals surface area contributed by atoms with Gasteiger partial charge in [0.1, 0.15) is 21.2 Å². The summed E-state index contributed by atoms with van der Waals surface area (Å²) >= 11 is 2.24. The average molecular weight is 552 g/mol. The van der Waals surface area contributed by atoms with Gasteiger partial charge in [-0.05, 0) is 72.0 Å². The molecule has 0 saturated heterocycles. The van der Waals surface area contributed by atoms with E-state index in [0.717, 1.165) is 22.4 Å². The molecule has 1 unspecified atom stereocenters. The van der Waals surface area contributed by atoms with E-state index in [1.807, 2.05) is 31.2 Å². The van der Waals surface area contributed by atoms with Crippen LogP contribution in [0.5, 0.6) is 0 Å². The van der Waals surface area contributed by atoms with Gasteiger partial charge in [0.2, 0.25) is 0 Å². The Morgan fingerprint density at radius 2 is 1.85 bits per heavy atom. The maximum absolute atomic E-state index is 13.5. The van der Waals surface area contributed by atoms with Crippen LogP contribution < -0.4 is 5.43 Å². The van der Waals surface area contributed by atoms with Gasteiger partial charge >= 0.3 is 0 Å². The molecule has 1 aliphatic heterocycles. The first-order valence-electron chi connectivity index (χ1n) is 10.2. The van der Waals surface area contributed by atoms with E-state index >= 15 is 0 Å². The summed E-state index contributed by atoms with van der Waals surface area (Å²) in [5.74, 6) is -0.0113. The molecule has 0 fully saturated rings. The normalized spacial score (nSPS) is 15.1. The van der Waals surface area contributed by atoms with Crippen molar-refractivity contribution in [3.05, 3.63) is 101 Å². The molecule has 0 aliphatic carbocycles. The smallest absolute Gasteiger partial charge is 0.269 e. The van der Waals surface area contributed by atoms with E-state index in [1.165, 1.54) is 12.1 Å². The number of pyridine rings is 1. The van der Waals surface area contributed by atoms with Crippen LogP contribution in [-0.2, 0) is 0 Å². The predicted molar refractivity (Wildman–Crippen MR) is 132 cm³/mol. The van der Waals surface area contributed by atoms with Crippen molar-refractivity contribution in [2.24, 2.45) is 4.99 Å². The second kappa shape index (κ2) is 8.74. The third-order valence-electron chi connectivity index (χ3n) is 5.24. The van der Waals surface area contributed by atoms with Crippen LogP contribution in [0.2, 0.25) is 0 Å². The van der Waals surface area contributed by atoms with Crippen molar-refractivity contribution in [1.82, 2.24) is 25.6 Å². The number of amides is 1. The Labute approximate surface area is 202 Å². The molecule has 33 heavy (non-hydrogen) atoms. The fourth-order valence-corrected chi connectivity index (χ4v) is 4.45. The molecule has 0 spiro atoms. The van der Waals surface area contributed by atoms with E-state index in [1.54, 1.807) is 41.7 Å². The highest BCUT2D eigenvalue weighted by Crippen LogP contribution is 2.43. The number of H-pyrrole nitrogens is 1. The third kappa shape index (κ3) is 4.11. The largest absolute Gasteiger partial charge is 0.277 e. The van der Waals surface area contributed by atoms with Crippen molar-refractivity contribution >= 4 is 40.0 Å². The Morgan fingerprint density at radius 3 is 2.58 bits per heavy atom. The Morgan fingerprint density at radius 1 is 1.09 bits per heavy atom. The van der Waals surface area contributed by atoms with Crippen molar-refractivity contribution in [1.29, 1.82) is 0 Å². The molecule has 0 radical (unpaired) electrons. The summed E-state index contributed by atoms with van der Waals surface area (Å²) in [6.07, 6.45) is 3.15. The summed E-state index contributed by atoms with van der Waals surface area (Å²) in [4.78, 5) is 21.9. The summed E-state index contributed by atoms with van der Waals surface area (Å²) in [5, 5.41) is 9.24. The van der Waals surface area contributed by atoms with Gasteiger partial charge in [0, 0.05) is 29.1 Å². The van der Waals surface area contributed by atoms with Gasteiger partial charge in [0.05, 0.1) is 5.69 Å². The van der Waals surface area contributed by atoms with Crippen LogP contribution in [0.4, 0.5) is 10.1 Å². The molecule has 5 rings (SSSR count). The number of alkyl halides is 1. The zero-order chi connectivity index (χ0) is 22.9. The number of rotatable bonds is 4. The summed E-state index contributed by atoms with van der Waals surface area (Å²) in [6, 6.07) is 17.4. The Balaban J connectivity index is 1.61. The van der Waals surface area contributed by atoms with Gasteiger partial charge in [-0.1, -0.05) is 23.8 Å². The van der Waals surface area contributed by atoms with E-state index < -0.39 is 0 Å². The molecule has 2 N–H and O–H groups in total. The van der Waals surface area contributed by atoms with Gasteiger partial charge in [-0.25, -0.2) is 14.4 Å². The lowest BCUT2D eigenvalue weighted by atomic mass is 10.1. The number of nitrogens with one attached hydrogen (secondary N) is 2. The van der Waals surface area contributed by atoms with Crippen LogP contribution in [0, 0.1) is 12.7 Å². The fraction of sp³-hybridized carbons (Fsp3) is 0.0833. The van der Waals surface area contributed by atoms with E-state index in [-0.39, 0.29) is 15.8 Å². The number of aromatic nitrogens is 3. The number of carbonyl (C=O) groups is 1. The van der Waals surface area contributed by atoms with Gasteiger partial charge in [0.15, 0.2) is 5.84 Å². The van der Waals surface area contributed by atoms with Crippen molar-refractivity contribution < 1.29 is 9.18 Å². The molecule has 1 aliphatic rings. The summed E-state index contributed by atoms with van der Waals surface area (Å²) in [7, 11) is 0. The fourth-order valence-electron chi connectivity index (χ4n) is 3.61. The number of fused-ring (bicyclic) bond motifs is 1.